The Morgan fingerprint density at radius 3 is 2.36 bits per heavy atom. The number of aryl methyl sites for hydroxylation is 1. The molecule has 0 fully saturated rings. The van der Waals surface area contributed by atoms with Crippen LogP contribution in [0.2, 0.25) is 0 Å². The summed E-state index contributed by atoms with van der Waals surface area (Å²) in [4.78, 5) is 37.2. The van der Waals surface area contributed by atoms with Crippen molar-refractivity contribution in [1.29, 1.82) is 0 Å². The van der Waals surface area contributed by atoms with E-state index in [1.54, 1.807) is 30.3 Å². The second-order valence-corrected chi connectivity index (χ2v) is 5.72. The van der Waals surface area contributed by atoms with Crippen LogP contribution >= 0.6 is 0 Å². The number of imide groups is 1. The van der Waals surface area contributed by atoms with Gasteiger partial charge in [0, 0.05) is 6.08 Å². The van der Waals surface area contributed by atoms with Gasteiger partial charge in [0.15, 0.2) is 0 Å². The molecule has 0 saturated heterocycles. The van der Waals surface area contributed by atoms with Crippen molar-refractivity contribution in [3.63, 3.8) is 0 Å². The minimum absolute atomic E-state index is 0.0381. The summed E-state index contributed by atoms with van der Waals surface area (Å²) in [5, 5.41) is 0. The Hall–Kier alpha value is -3.21. The first-order chi connectivity index (χ1) is 12.1. The second-order valence-electron chi connectivity index (χ2n) is 5.72. The second kappa shape index (κ2) is 7.13. The van der Waals surface area contributed by atoms with Crippen molar-refractivity contribution >= 4 is 23.9 Å². The molecule has 5 nitrogen and oxygen atoms in total. The lowest BCUT2D eigenvalue weighted by atomic mass is 10.1. The van der Waals surface area contributed by atoms with E-state index >= 15 is 0 Å². The van der Waals surface area contributed by atoms with Crippen LogP contribution in [0.15, 0.2) is 54.6 Å². The van der Waals surface area contributed by atoms with Crippen molar-refractivity contribution in [3.8, 4) is 0 Å². The normalized spacial score (nSPS) is 13.4. The quantitative estimate of drug-likeness (QED) is 0.479. The maximum Gasteiger partial charge on any atom is 0.330 e. The van der Waals surface area contributed by atoms with Crippen molar-refractivity contribution in [2.75, 3.05) is 13.2 Å². The number of nitrogens with zero attached hydrogens (tertiary/aromatic N) is 1. The molecule has 0 radical (unpaired) electrons. The van der Waals surface area contributed by atoms with Gasteiger partial charge in [0.05, 0.1) is 17.7 Å². The maximum absolute atomic E-state index is 12.2. The van der Waals surface area contributed by atoms with Crippen LogP contribution in [0.5, 0.6) is 0 Å². The Labute approximate surface area is 145 Å². The molecule has 2 aromatic rings. The first kappa shape index (κ1) is 16.6. The number of carbonyl (C=O) groups excluding carboxylic acids is 3. The fraction of sp³-hybridized carbons (Fsp3) is 0.150. The number of benzene rings is 2. The lowest BCUT2D eigenvalue weighted by Crippen LogP contribution is -2.33. The molecule has 0 atom stereocenters. The van der Waals surface area contributed by atoms with E-state index in [2.05, 4.69) is 0 Å². The number of carbonyl (C=O) groups is 3. The van der Waals surface area contributed by atoms with Crippen LogP contribution in [-0.2, 0) is 9.53 Å². The fourth-order valence-electron chi connectivity index (χ4n) is 2.67. The van der Waals surface area contributed by atoms with E-state index in [1.165, 1.54) is 6.08 Å². The van der Waals surface area contributed by atoms with Gasteiger partial charge in [-0.3, -0.25) is 14.5 Å². The highest BCUT2D eigenvalue weighted by Gasteiger charge is 2.34. The van der Waals surface area contributed by atoms with Crippen molar-refractivity contribution in [2.45, 2.75) is 6.92 Å². The Balaban J connectivity index is 1.53. The molecule has 1 aliphatic heterocycles. The topological polar surface area (TPSA) is 63.7 Å². The van der Waals surface area contributed by atoms with Crippen molar-refractivity contribution in [1.82, 2.24) is 4.90 Å². The number of esters is 1. The summed E-state index contributed by atoms with van der Waals surface area (Å²) in [5.74, 6) is -1.22. The lowest BCUT2D eigenvalue weighted by Gasteiger charge is -2.13. The Morgan fingerprint density at radius 2 is 1.72 bits per heavy atom. The summed E-state index contributed by atoms with van der Waals surface area (Å²) >= 11 is 0. The average Bonchev–Trinajstić information content (AvgIpc) is 2.85. The third-order valence-electron chi connectivity index (χ3n) is 3.89. The molecular formula is C20H17NO4. The summed E-state index contributed by atoms with van der Waals surface area (Å²) in [6.45, 7) is 1.97. The molecule has 5 heteroatoms. The summed E-state index contributed by atoms with van der Waals surface area (Å²) in [7, 11) is 0. The maximum atomic E-state index is 12.2. The molecular weight excluding hydrogens is 318 g/mol. The third kappa shape index (κ3) is 3.66. The molecule has 3 rings (SSSR count). The van der Waals surface area contributed by atoms with Crippen LogP contribution in [0.25, 0.3) is 6.08 Å². The molecule has 25 heavy (non-hydrogen) atoms. The molecule has 1 heterocycles. The van der Waals surface area contributed by atoms with Gasteiger partial charge in [-0.1, -0.05) is 42.0 Å². The molecule has 0 bridgehead atoms. The molecule has 0 aliphatic carbocycles. The number of amides is 2. The van der Waals surface area contributed by atoms with E-state index in [0.29, 0.717) is 11.1 Å². The third-order valence-corrected chi connectivity index (χ3v) is 3.89. The monoisotopic (exact) mass is 335 g/mol. The number of fused-ring (bicyclic) bond motifs is 1. The van der Waals surface area contributed by atoms with E-state index < -0.39 is 5.97 Å². The van der Waals surface area contributed by atoms with Gasteiger partial charge < -0.3 is 4.74 Å². The van der Waals surface area contributed by atoms with E-state index in [1.807, 2.05) is 31.2 Å². The summed E-state index contributed by atoms with van der Waals surface area (Å²) < 4.78 is 5.08. The van der Waals surface area contributed by atoms with Crippen LogP contribution in [0.4, 0.5) is 0 Å². The van der Waals surface area contributed by atoms with E-state index in [-0.39, 0.29) is 25.0 Å². The average molecular weight is 335 g/mol. The van der Waals surface area contributed by atoms with Gasteiger partial charge in [0.2, 0.25) is 0 Å². The molecule has 0 N–H and O–H groups in total. The molecule has 0 aromatic heterocycles. The molecule has 2 amide bonds. The Kier molecular flexibility index (Phi) is 4.75. The van der Waals surface area contributed by atoms with E-state index in [4.69, 9.17) is 4.74 Å². The summed E-state index contributed by atoms with van der Waals surface area (Å²) in [5.41, 5.74) is 2.77. The van der Waals surface area contributed by atoms with Gasteiger partial charge in [0.25, 0.3) is 11.8 Å². The zero-order valence-electron chi connectivity index (χ0n) is 13.8. The highest BCUT2D eigenvalue weighted by Crippen LogP contribution is 2.21. The highest BCUT2D eigenvalue weighted by molar-refractivity contribution is 6.21. The smallest absolute Gasteiger partial charge is 0.330 e. The summed E-state index contributed by atoms with van der Waals surface area (Å²) in [6.07, 6.45) is 2.99. The molecule has 126 valence electrons. The number of ether oxygens (including phenoxy) is 1. The minimum Gasteiger partial charge on any atom is -0.461 e. The SMILES string of the molecule is Cc1cccc(/C=C/C(=O)OCCN2C(=O)c3ccccc3C2=O)c1. The van der Waals surface area contributed by atoms with Crippen LogP contribution in [0.3, 0.4) is 0 Å². The molecule has 0 spiro atoms. The van der Waals surface area contributed by atoms with Crippen LogP contribution in [0, 0.1) is 6.92 Å². The van der Waals surface area contributed by atoms with Gasteiger partial charge in [-0.15, -0.1) is 0 Å². The first-order valence-electron chi connectivity index (χ1n) is 7.93. The zero-order chi connectivity index (χ0) is 17.8. The van der Waals surface area contributed by atoms with Gasteiger partial charge in [-0.25, -0.2) is 4.79 Å². The Morgan fingerprint density at radius 1 is 1.04 bits per heavy atom. The molecule has 2 aromatic carbocycles. The number of rotatable bonds is 5. The number of hydrogen-bond donors (Lipinski definition) is 0. The van der Waals surface area contributed by atoms with Crippen LogP contribution in [0.1, 0.15) is 31.8 Å². The lowest BCUT2D eigenvalue weighted by molar-refractivity contribution is -0.137. The molecule has 1 aliphatic rings. The number of hydrogen-bond acceptors (Lipinski definition) is 4. The van der Waals surface area contributed by atoms with Crippen molar-refractivity contribution < 1.29 is 19.1 Å². The van der Waals surface area contributed by atoms with Crippen molar-refractivity contribution in [3.05, 3.63) is 76.9 Å². The van der Waals surface area contributed by atoms with Crippen LogP contribution in [-0.4, -0.2) is 35.8 Å². The highest BCUT2D eigenvalue weighted by atomic mass is 16.5. The van der Waals surface area contributed by atoms with Gasteiger partial charge in [0.1, 0.15) is 6.61 Å². The first-order valence-corrected chi connectivity index (χ1v) is 7.93. The van der Waals surface area contributed by atoms with Crippen LogP contribution < -0.4 is 0 Å². The molecule has 0 saturated carbocycles. The van der Waals surface area contributed by atoms with Crippen molar-refractivity contribution in [2.24, 2.45) is 0 Å². The summed E-state index contributed by atoms with van der Waals surface area (Å²) in [6, 6.07) is 14.4. The standard InChI is InChI=1S/C20H17NO4/c1-14-5-4-6-15(13-14)9-10-18(22)25-12-11-21-19(23)16-7-2-3-8-17(16)20(21)24/h2-10,13H,11-12H2,1H3/b10-9+. The van der Waals surface area contributed by atoms with E-state index in [9.17, 15) is 14.4 Å². The predicted octanol–water partition coefficient (Wildman–Crippen LogP) is 2.85. The van der Waals surface area contributed by atoms with Gasteiger partial charge in [-0.05, 0) is 30.7 Å². The zero-order valence-corrected chi connectivity index (χ0v) is 13.8. The Bertz CT molecular complexity index is 835. The van der Waals surface area contributed by atoms with E-state index in [0.717, 1.165) is 16.0 Å². The minimum atomic E-state index is -0.516. The van der Waals surface area contributed by atoms with Gasteiger partial charge >= 0.3 is 5.97 Å². The molecule has 0 unspecified atom stereocenters. The van der Waals surface area contributed by atoms with Gasteiger partial charge in [-0.2, -0.15) is 0 Å². The largest absolute Gasteiger partial charge is 0.461 e. The fourth-order valence-corrected chi connectivity index (χ4v) is 2.67. The predicted molar refractivity (Wildman–Crippen MR) is 93.0 cm³/mol.